The van der Waals surface area contributed by atoms with Gasteiger partial charge in [-0.05, 0) is 41.8 Å². The second-order valence-electron chi connectivity index (χ2n) is 7.88. The van der Waals surface area contributed by atoms with Crippen LogP contribution in [0.25, 0.3) is 10.8 Å². The minimum atomic E-state index is -4.68. The molecule has 4 aromatic carbocycles. The van der Waals surface area contributed by atoms with Crippen molar-refractivity contribution in [2.24, 2.45) is 10.2 Å². The lowest BCUT2D eigenvalue weighted by atomic mass is 10.1. The third-order valence-corrected chi connectivity index (χ3v) is 7.07. The van der Waals surface area contributed by atoms with Gasteiger partial charge in [-0.2, -0.15) is 16.8 Å². The van der Waals surface area contributed by atoms with Gasteiger partial charge >= 0.3 is 0 Å². The number of hydrogen-bond donors (Lipinski definition) is 7. The zero-order chi connectivity index (χ0) is 27.8. The summed E-state index contributed by atoms with van der Waals surface area (Å²) in [4.78, 5) is -1.16. The van der Waals surface area contributed by atoms with Crippen molar-refractivity contribution in [2.45, 2.75) is 9.79 Å². The van der Waals surface area contributed by atoms with Crippen molar-refractivity contribution >= 4 is 59.4 Å². The van der Waals surface area contributed by atoms with Crippen molar-refractivity contribution in [2.75, 3.05) is 17.7 Å². The van der Waals surface area contributed by atoms with Crippen molar-refractivity contribution in [1.82, 2.24) is 0 Å². The SMILES string of the molecule is CNc1cc(S(=O)(=O)O)cc(N=Nc2c(Nc3ccccc3O)ccc3cc(S(=O)(=O)O)cc(O)c23)c1O. The van der Waals surface area contributed by atoms with Crippen LogP contribution >= 0.6 is 0 Å². The highest BCUT2D eigenvalue weighted by molar-refractivity contribution is 7.86. The third-order valence-electron chi connectivity index (χ3n) is 5.40. The summed E-state index contributed by atoms with van der Waals surface area (Å²) in [6, 6.07) is 12.8. The van der Waals surface area contributed by atoms with Crippen LogP contribution in [0.5, 0.6) is 17.2 Å². The van der Waals surface area contributed by atoms with Crippen LogP contribution in [-0.2, 0) is 20.2 Å². The van der Waals surface area contributed by atoms with E-state index in [2.05, 4.69) is 20.9 Å². The Hall–Kier alpha value is -4.44. The molecule has 0 saturated heterocycles. The molecule has 13 nitrogen and oxygen atoms in total. The van der Waals surface area contributed by atoms with E-state index in [9.17, 15) is 41.3 Å². The molecule has 7 N–H and O–H groups in total. The fraction of sp³-hybridized carbons (Fsp3) is 0.0435. The minimum absolute atomic E-state index is 0.0270. The molecule has 0 aliphatic carbocycles. The first-order chi connectivity index (χ1) is 17.8. The highest BCUT2D eigenvalue weighted by Gasteiger charge is 2.20. The van der Waals surface area contributed by atoms with E-state index in [1.54, 1.807) is 18.2 Å². The van der Waals surface area contributed by atoms with Gasteiger partial charge in [-0.3, -0.25) is 9.11 Å². The van der Waals surface area contributed by atoms with Crippen molar-refractivity contribution in [3.05, 3.63) is 60.7 Å². The van der Waals surface area contributed by atoms with Gasteiger partial charge in [0.1, 0.15) is 22.9 Å². The molecule has 15 heteroatoms. The molecule has 4 aromatic rings. The molecular weight excluding hydrogens is 540 g/mol. The zero-order valence-electron chi connectivity index (χ0n) is 19.4. The van der Waals surface area contributed by atoms with Gasteiger partial charge in [0.05, 0.1) is 32.2 Å². The van der Waals surface area contributed by atoms with Crippen LogP contribution in [0.3, 0.4) is 0 Å². The lowest BCUT2D eigenvalue weighted by Gasteiger charge is -2.14. The van der Waals surface area contributed by atoms with Crippen LogP contribution in [0.4, 0.5) is 28.4 Å². The molecule has 0 radical (unpaired) electrons. The maximum Gasteiger partial charge on any atom is 0.294 e. The van der Waals surface area contributed by atoms with Crippen LogP contribution < -0.4 is 10.6 Å². The van der Waals surface area contributed by atoms with Crippen molar-refractivity contribution < 1.29 is 41.3 Å². The smallest absolute Gasteiger partial charge is 0.294 e. The molecule has 0 aliphatic heterocycles. The highest BCUT2D eigenvalue weighted by atomic mass is 32.2. The first kappa shape index (κ1) is 26.6. The molecule has 0 fully saturated rings. The van der Waals surface area contributed by atoms with Gasteiger partial charge in [-0.15, -0.1) is 10.2 Å². The Morgan fingerprint density at radius 1 is 0.711 bits per heavy atom. The molecule has 0 aromatic heterocycles. The number of nitrogens with one attached hydrogen (secondary N) is 2. The van der Waals surface area contributed by atoms with Crippen molar-refractivity contribution in [1.29, 1.82) is 0 Å². The molecule has 0 aliphatic rings. The second-order valence-corrected chi connectivity index (χ2v) is 10.7. The molecule has 38 heavy (non-hydrogen) atoms. The van der Waals surface area contributed by atoms with Crippen LogP contribution in [0.1, 0.15) is 0 Å². The first-order valence-corrected chi connectivity index (χ1v) is 13.4. The van der Waals surface area contributed by atoms with Gasteiger partial charge in [0.15, 0.2) is 5.75 Å². The predicted octanol–water partition coefficient (Wildman–Crippen LogP) is 4.65. The molecule has 0 amide bonds. The summed E-state index contributed by atoms with van der Waals surface area (Å²) >= 11 is 0. The lowest BCUT2D eigenvalue weighted by molar-refractivity contribution is 0.470. The maximum absolute atomic E-state index is 11.7. The fourth-order valence-electron chi connectivity index (χ4n) is 3.59. The zero-order valence-corrected chi connectivity index (χ0v) is 21.0. The number of nitrogens with zero attached hydrogens (tertiary/aromatic N) is 2. The Kier molecular flexibility index (Phi) is 6.86. The largest absolute Gasteiger partial charge is 0.507 e. The minimum Gasteiger partial charge on any atom is -0.507 e. The molecule has 4 rings (SSSR count). The van der Waals surface area contributed by atoms with Gasteiger partial charge in [-0.1, -0.05) is 18.2 Å². The van der Waals surface area contributed by atoms with Gasteiger partial charge in [0.25, 0.3) is 20.2 Å². The van der Waals surface area contributed by atoms with Crippen LogP contribution in [0, 0.1) is 0 Å². The predicted molar refractivity (Wildman–Crippen MR) is 138 cm³/mol. The number of phenols is 3. The summed E-state index contributed by atoms with van der Waals surface area (Å²) < 4.78 is 65.6. The molecule has 0 atom stereocenters. The number of para-hydroxylation sites is 2. The number of benzene rings is 4. The van der Waals surface area contributed by atoms with E-state index in [1.165, 1.54) is 25.2 Å². The monoisotopic (exact) mass is 560 g/mol. The van der Waals surface area contributed by atoms with Crippen molar-refractivity contribution in [3.8, 4) is 17.2 Å². The van der Waals surface area contributed by atoms with Crippen LogP contribution in [0.2, 0.25) is 0 Å². The molecular formula is C23H20N4O9S2. The van der Waals surface area contributed by atoms with Gasteiger partial charge in [0, 0.05) is 13.1 Å². The van der Waals surface area contributed by atoms with Gasteiger partial charge in [-0.25, -0.2) is 0 Å². The Morgan fingerprint density at radius 2 is 1.37 bits per heavy atom. The number of hydrogen-bond acceptors (Lipinski definition) is 11. The summed E-state index contributed by atoms with van der Waals surface area (Å²) in [6.45, 7) is 0. The Labute approximate surface area is 216 Å². The first-order valence-electron chi connectivity index (χ1n) is 10.6. The Bertz CT molecular complexity index is 1820. The summed E-state index contributed by atoms with van der Waals surface area (Å²) in [5.41, 5.74) is -0.153. The third kappa shape index (κ3) is 5.30. The standard InChI is InChI=1S/C23H20N4O9S2/c1-24-17-9-14(38(34,35)36)10-18(23(17)30)26-27-22-16(25-15-4-2-3-5-19(15)28)7-6-12-8-13(37(31,32)33)11-20(29)21(12)22/h2-11,24-25,28-30H,1H3,(H,31,32,33)(H,34,35,36). The number of anilines is 3. The van der Waals surface area contributed by atoms with E-state index in [-0.39, 0.29) is 45.0 Å². The second kappa shape index (κ2) is 9.79. The fourth-order valence-corrected chi connectivity index (χ4v) is 4.65. The number of azo groups is 1. The number of phenolic OH excluding ortho intramolecular Hbond substituents is 3. The summed E-state index contributed by atoms with van der Waals surface area (Å²) in [6.07, 6.45) is 0. The van der Waals surface area contributed by atoms with Crippen LogP contribution in [-0.4, -0.2) is 48.3 Å². The highest BCUT2D eigenvalue weighted by Crippen LogP contribution is 2.44. The van der Waals surface area contributed by atoms with E-state index in [0.29, 0.717) is 0 Å². The number of rotatable bonds is 7. The van der Waals surface area contributed by atoms with Gasteiger partial charge < -0.3 is 26.0 Å². The quantitative estimate of drug-likeness (QED) is 0.0936. The molecule has 0 spiro atoms. The summed E-state index contributed by atoms with van der Waals surface area (Å²) in [5.74, 6) is -1.23. The lowest BCUT2D eigenvalue weighted by Crippen LogP contribution is -2.00. The molecule has 0 unspecified atom stereocenters. The van der Waals surface area contributed by atoms with E-state index in [0.717, 1.165) is 24.3 Å². The van der Waals surface area contributed by atoms with Gasteiger partial charge in [0.2, 0.25) is 0 Å². The number of fused-ring (bicyclic) bond motifs is 1. The van der Waals surface area contributed by atoms with E-state index in [1.807, 2.05) is 0 Å². The Morgan fingerprint density at radius 3 is 2.00 bits per heavy atom. The van der Waals surface area contributed by atoms with E-state index < -0.39 is 41.5 Å². The molecule has 0 bridgehead atoms. The van der Waals surface area contributed by atoms with E-state index >= 15 is 0 Å². The van der Waals surface area contributed by atoms with E-state index in [4.69, 9.17) is 0 Å². The number of aromatic hydroxyl groups is 3. The molecule has 198 valence electrons. The topological polar surface area (TPSA) is 218 Å². The normalized spacial score (nSPS) is 12.2. The van der Waals surface area contributed by atoms with Crippen LogP contribution in [0.15, 0.2) is 80.7 Å². The molecule has 0 saturated carbocycles. The Balaban J connectivity index is 1.98. The summed E-state index contributed by atoms with van der Waals surface area (Å²) in [7, 11) is -7.95. The molecule has 0 heterocycles. The average Bonchev–Trinajstić information content (AvgIpc) is 2.84. The summed E-state index contributed by atoms with van der Waals surface area (Å²) in [5, 5.41) is 45.0. The average molecular weight is 561 g/mol. The maximum atomic E-state index is 11.7. The van der Waals surface area contributed by atoms with Crippen molar-refractivity contribution in [3.63, 3.8) is 0 Å².